The molecule has 3 rings (SSSR count). The Labute approximate surface area is 186 Å². The van der Waals surface area contributed by atoms with Gasteiger partial charge in [-0.05, 0) is 73.8 Å². The molecular weight excluding hydrogens is 392 g/mol. The van der Waals surface area contributed by atoms with E-state index in [1.807, 2.05) is 18.2 Å². The van der Waals surface area contributed by atoms with E-state index in [4.69, 9.17) is 4.74 Å². The maximum absolute atomic E-state index is 10.6. The highest BCUT2D eigenvalue weighted by Crippen LogP contribution is 2.40. The van der Waals surface area contributed by atoms with Crippen molar-refractivity contribution in [2.45, 2.75) is 65.9 Å². The predicted octanol–water partition coefficient (Wildman–Crippen LogP) is 6.90. The largest absolute Gasteiger partial charge is 0.507 e. The monoisotopic (exact) mass is 430 g/mol. The lowest BCUT2D eigenvalue weighted by atomic mass is 9.85. The van der Waals surface area contributed by atoms with Crippen LogP contribution in [0.4, 0.5) is 0 Å². The summed E-state index contributed by atoms with van der Waals surface area (Å²) in [5.74, 6) is 2.32. The number of hydrogen-bond donors (Lipinski definition) is 2. The van der Waals surface area contributed by atoms with Crippen molar-refractivity contribution in [1.82, 2.24) is 0 Å². The predicted molar refractivity (Wildman–Crippen MR) is 128 cm³/mol. The second kappa shape index (κ2) is 11.6. The molecule has 1 fully saturated rings. The smallest absolute Gasteiger partial charge is 0.125 e. The van der Waals surface area contributed by atoms with E-state index in [1.165, 1.54) is 10.4 Å². The molecule has 1 aromatic heterocycles. The number of aliphatic hydroxyl groups is 2. The standard InChI is InChI=1S/C25H34O3S.CH4/c1-4-19-8-7-9-20(15-19)28-16-23-22(17(2)14-24(23)27)11-6-5-10-21-12-13-25(29-21)18(3)26;/h7-9,12-13,15,17,22-24,26-27H,3-6,10-11,14,16H2,1-2H3;1H4/t17-,22+,23-,24-;/m1./s1. The average Bonchev–Trinajstić information content (AvgIpc) is 3.28. The third kappa shape index (κ3) is 6.36. The normalized spacial score (nSPS) is 23.2. The SMILES string of the molecule is C.C=C(O)c1ccc(CCCC[C@@H]2[C@@H](COc3cccc(CC)c3)[C@H](O)C[C@H]2C)s1. The van der Waals surface area contributed by atoms with E-state index in [-0.39, 0.29) is 25.2 Å². The van der Waals surface area contributed by atoms with Crippen LogP contribution in [0.25, 0.3) is 5.76 Å². The number of benzene rings is 1. The van der Waals surface area contributed by atoms with Gasteiger partial charge in [0.1, 0.15) is 11.5 Å². The van der Waals surface area contributed by atoms with Crippen molar-refractivity contribution < 1.29 is 14.9 Å². The minimum absolute atomic E-state index is 0. The number of hydrogen-bond acceptors (Lipinski definition) is 4. The summed E-state index contributed by atoms with van der Waals surface area (Å²) >= 11 is 1.62. The van der Waals surface area contributed by atoms with E-state index in [2.05, 4.69) is 38.6 Å². The Hall–Kier alpha value is -1.78. The zero-order chi connectivity index (χ0) is 20.8. The van der Waals surface area contributed by atoms with Gasteiger partial charge in [-0.15, -0.1) is 11.3 Å². The summed E-state index contributed by atoms with van der Waals surface area (Å²) in [4.78, 5) is 2.15. The van der Waals surface area contributed by atoms with Crippen molar-refractivity contribution in [3.05, 3.63) is 58.3 Å². The number of rotatable bonds is 10. The third-order valence-electron chi connectivity index (χ3n) is 6.29. The van der Waals surface area contributed by atoms with Gasteiger partial charge in [-0.3, -0.25) is 0 Å². The number of thiophene rings is 1. The molecule has 0 saturated heterocycles. The van der Waals surface area contributed by atoms with Crippen molar-refractivity contribution in [1.29, 1.82) is 0 Å². The van der Waals surface area contributed by atoms with Crippen LogP contribution in [0, 0.1) is 17.8 Å². The molecule has 30 heavy (non-hydrogen) atoms. The van der Waals surface area contributed by atoms with Gasteiger partial charge < -0.3 is 14.9 Å². The van der Waals surface area contributed by atoms with Crippen molar-refractivity contribution in [3.8, 4) is 5.75 Å². The van der Waals surface area contributed by atoms with Crippen molar-refractivity contribution >= 4 is 17.1 Å². The average molecular weight is 431 g/mol. The van der Waals surface area contributed by atoms with Gasteiger partial charge >= 0.3 is 0 Å². The molecule has 1 saturated carbocycles. The van der Waals surface area contributed by atoms with E-state index in [9.17, 15) is 10.2 Å². The minimum atomic E-state index is -0.264. The summed E-state index contributed by atoms with van der Waals surface area (Å²) in [6.07, 6.45) is 6.06. The lowest BCUT2D eigenvalue weighted by molar-refractivity contribution is 0.0772. The Morgan fingerprint density at radius 2 is 2.00 bits per heavy atom. The maximum Gasteiger partial charge on any atom is 0.125 e. The van der Waals surface area contributed by atoms with Gasteiger partial charge in [0.2, 0.25) is 0 Å². The number of unbranched alkanes of at least 4 members (excludes halogenated alkanes) is 1. The Kier molecular flexibility index (Phi) is 9.44. The summed E-state index contributed by atoms with van der Waals surface area (Å²) in [5, 5.41) is 20.1. The highest BCUT2D eigenvalue weighted by Gasteiger charge is 2.40. The first kappa shape index (κ1) is 24.5. The number of ether oxygens (including phenoxy) is 1. The van der Waals surface area contributed by atoms with Crippen LogP contribution >= 0.6 is 11.3 Å². The molecular formula is C26H38O3S. The molecule has 0 unspecified atom stereocenters. The summed E-state index contributed by atoms with van der Waals surface area (Å²) in [5.41, 5.74) is 1.28. The molecule has 4 atom stereocenters. The quantitative estimate of drug-likeness (QED) is 0.318. The zero-order valence-corrected chi connectivity index (χ0v) is 18.5. The van der Waals surface area contributed by atoms with Gasteiger partial charge in [0.15, 0.2) is 0 Å². The van der Waals surface area contributed by atoms with Crippen LogP contribution in [-0.4, -0.2) is 22.9 Å². The first-order valence-corrected chi connectivity index (χ1v) is 11.7. The minimum Gasteiger partial charge on any atom is -0.507 e. The van der Waals surface area contributed by atoms with Gasteiger partial charge in [0, 0.05) is 10.8 Å². The lowest BCUT2D eigenvalue weighted by Crippen LogP contribution is -2.26. The zero-order valence-electron chi connectivity index (χ0n) is 17.6. The fraction of sp³-hybridized carbons (Fsp3) is 0.538. The second-order valence-electron chi connectivity index (χ2n) is 8.38. The molecule has 2 N–H and O–H groups in total. The summed E-state index contributed by atoms with van der Waals surface area (Å²) in [6, 6.07) is 12.3. The van der Waals surface area contributed by atoms with E-state index in [1.54, 1.807) is 11.3 Å². The lowest BCUT2D eigenvalue weighted by Gasteiger charge is -2.24. The summed E-state index contributed by atoms with van der Waals surface area (Å²) in [7, 11) is 0. The van der Waals surface area contributed by atoms with Crippen molar-refractivity contribution in [2.24, 2.45) is 17.8 Å². The van der Waals surface area contributed by atoms with E-state index in [0.29, 0.717) is 18.4 Å². The van der Waals surface area contributed by atoms with Crippen LogP contribution < -0.4 is 4.74 Å². The third-order valence-corrected chi connectivity index (χ3v) is 7.49. The van der Waals surface area contributed by atoms with E-state index >= 15 is 0 Å². The molecule has 166 valence electrons. The van der Waals surface area contributed by atoms with Gasteiger partial charge in [0.25, 0.3) is 0 Å². The fourth-order valence-corrected chi connectivity index (χ4v) is 5.48. The highest BCUT2D eigenvalue weighted by atomic mass is 32.1. The van der Waals surface area contributed by atoms with Gasteiger partial charge in [0.05, 0.1) is 17.6 Å². The molecule has 0 radical (unpaired) electrons. The van der Waals surface area contributed by atoms with Gasteiger partial charge in [-0.2, -0.15) is 0 Å². The summed E-state index contributed by atoms with van der Waals surface area (Å²) < 4.78 is 6.09. The van der Waals surface area contributed by atoms with Crippen LogP contribution in [-0.2, 0) is 12.8 Å². The first-order valence-electron chi connectivity index (χ1n) is 10.8. The molecule has 1 heterocycles. The van der Waals surface area contributed by atoms with Crippen molar-refractivity contribution in [3.63, 3.8) is 0 Å². The molecule has 0 amide bonds. The fourth-order valence-electron chi connectivity index (χ4n) is 4.57. The molecule has 0 aliphatic heterocycles. The Morgan fingerprint density at radius 1 is 1.20 bits per heavy atom. The molecule has 2 aromatic rings. The number of aliphatic hydroxyl groups excluding tert-OH is 2. The summed E-state index contributed by atoms with van der Waals surface area (Å²) in [6.45, 7) is 8.60. The molecule has 1 aliphatic rings. The van der Waals surface area contributed by atoms with Crippen LogP contribution in [0.2, 0.25) is 0 Å². The first-order chi connectivity index (χ1) is 14.0. The molecule has 1 aliphatic carbocycles. The van der Waals surface area contributed by atoms with Gasteiger partial charge in [-0.25, -0.2) is 0 Å². The maximum atomic E-state index is 10.6. The van der Waals surface area contributed by atoms with Crippen LogP contribution in [0.15, 0.2) is 43.0 Å². The highest BCUT2D eigenvalue weighted by molar-refractivity contribution is 7.13. The second-order valence-corrected chi connectivity index (χ2v) is 9.55. The number of aryl methyl sites for hydroxylation is 2. The molecule has 1 aromatic carbocycles. The van der Waals surface area contributed by atoms with Crippen LogP contribution in [0.1, 0.15) is 62.3 Å². The Morgan fingerprint density at radius 3 is 2.70 bits per heavy atom. The molecule has 0 bridgehead atoms. The molecule has 0 spiro atoms. The topological polar surface area (TPSA) is 49.7 Å². The molecule has 3 nitrogen and oxygen atoms in total. The Bertz CT molecular complexity index is 797. The Balaban J connectivity index is 0.00000320. The van der Waals surface area contributed by atoms with E-state index < -0.39 is 0 Å². The van der Waals surface area contributed by atoms with E-state index in [0.717, 1.165) is 49.2 Å². The van der Waals surface area contributed by atoms with Gasteiger partial charge in [-0.1, -0.05) is 46.4 Å². The van der Waals surface area contributed by atoms with Crippen LogP contribution in [0.5, 0.6) is 5.75 Å². The van der Waals surface area contributed by atoms with Crippen LogP contribution in [0.3, 0.4) is 0 Å². The molecule has 4 heteroatoms. The van der Waals surface area contributed by atoms with Crippen molar-refractivity contribution in [2.75, 3.05) is 6.61 Å².